The molecule has 1 aromatic heterocycles. The zero-order valence-corrected chi connectivity index (χ0v) is 20.1. The van der Waals surface area contributed by atoms with Gasteiger partial charge >= 0.3 is 0 Å². The van der Waals surface area contributed by atoms with Gasteiger partial charge in [-0.05, 0) is 43.4 Å². The second kappa shape index (κ2) is 11.9. The van der Waals surface area contributed by atoms with Crippen LogP contribution in [-0.4, -0.2) is 35.2 Å². The Labute approximate surface area is 195 Å². The third kappa shape index (κ3) is 5.60. The fourth-order valence-electron chi connectivity index (χ4n) is 3.91. The average Bonchev–Trinajstić information content (AvgIpc) is 2.82. The summed E-state index contributed by atoms with van der Waals surface area (Å²) in [6, 6.07) is 8.87. The molecule has 0 radical (unpaired) electrons. The summed E-state index contributed by atoms with van der Waals surface area (Å²) in [6.07, 6.45) is 10.5. The lowest BCUT2D eigenvalue weighted by atomic mass is 10.1. The van der Waals surface area contributed by atoms with Gasteiger partial charge in [0.25, 0.3) is 0 Å². The van der Waals surface area contributed by atoms with Gasteiger partial charge in [0.05, 0.1) is 12.2 Å². The van der Waals surface area contributed by atoms with Gasteiger partial charge in [0.1, 0.15) is 22.5 Å². The second-order valence-corrected chi connectivity index (χ2v) is 8.80. The minimum Gasteiger partial charge on any atom is -0.342 e. The molecule has 0 N–H and O–H groups in total. The summed E-state index contributed by atoms with van der Waals surface area (Å²) in [5.41, 5.74) is 3.05. The molecule has 3 rings (SSSR count). The topological polar surface area (TPSA) is 55.5 Å². The number of pyridine rings is 1. The van der Waals surface area contributed by atoms with Gasteiger partial charge in [-0.3, -0.25) is 0 Å². The molecule has 0 saturated heterocycles. The van der Waals surface area contributed by atoms with Crippen LogP contribution >= 0.6 is 11.8 Å². The summed E-state index contributed by atoms with van der Waals surface area (Å²) >= 11 is 1.46. The Morgan fingerprint density at radius 3 is 2.31 bits per heavy atom. The molecule has 0 atom stereocenters. The van der Waals surface area contributed by atoms with E-state index in [1.54, 1.807) is 12.1 Å². The third-order valence-electron chi connectivity index (χ3n) is 5.66. The lowest BCUT2D eigenvalue weighted by molar-refractivity contribution is 0.382. The summed E-state index contributed by atoms with van der Waals surface area (Å²) < 4.78 is 13.6. The van der Waals surface area contributed by atoms with Gasteiger partial charge in [0.15, 0.2) is 0 Å². The van der Waals surface area contributed by atoms with Crippen molar-refractivity contribution in [2.45, 2.75) is 63.9 Å². The number of rotatable bonds is 10. The van der Waals surface area contributed by atoms with E-state index >= 15 is 0 Å². The van der Waals surface area contributed by atoms with E-state index in [1.807, 2.05) is 12.5 Å². The fraction of sp³-hybridized carbons (Fsp3) is 0.480. The van der Waals surface area contributed by atoms with E-state index in [9.17, 15) is 9.65 Å². The van der Waals surface area contributed by atoms with Gasteiger partial charge in [-0.1, -0.05) is 39.5 Å². The highest BCUT2D eigenvalue weighted by Crippen LogP contribution is 2.36. The molecule has 2 heterocycles. The Morgan fingerprint density at radius 1 is 1.09 bits per heavy atom. The molecule has 0 fully saturated rings. The number of anilines is 1. The molecule has 0 spiro atoms. The van der Waals surface area contributed by atoms with E-state index < -0.39 is 0 Å². The Hall–Kier alpha value is -2.59. The van der Waals surface area contributed by atoms with Crippen molar-refractivity contribution >= 4 is 29.1 Å². The van der Waals surface area contributed by atoms with Crippen LogP contribution in [0.5, 0.6) is 0 Å². The molecular weight excluding hydrogens is 421 g/mol. The third-order valence-corrected chi connectivity index (χ3v) is 6.36. The SMILES string of the molecule is CCCCCN(CCCCC)C1=Nc2c(cnc(SC)c2C#N)CN1c1ccc(F)cc1. The first-order chi connectivity index (χ1) is 15.6. The maximum Gasteiger partial charge on any atom is 0.206 e. The van der Waals surface area contributed by atoms with E-state index in [4.69, 9.17) is 4.99 Å². The van der Waals surface area contributed by atoms with Gasteiger partial charge in [0, 0.05) is 30.5 Å². The van der Waals surface area contributed by atoms with E-state index in [2.05, 4.69) is 34.7 Å². The number of nitriles is 1. The van der Waals surface area contributed by atoms with Gasteiger partial charge in [-0.15, -0.1) is 11.8 Å². The molecule has 0 unspecified atom stereocenters. The first kappa shape index (κ1) is 24.1. The predicted molar refractivity (Wildman–Crippen MR) is 131 cm³/mol. The van der Waals surface area contributed by atoms with Crippen molar-refractivity contribution in [3.05, 3.63) is 47.4 Å². The fourth-order valence-corrected chi connectivity index (χ4v) is 4.42. The average molecular weight is 454 g/mol. The van der Waals surface area contributed by atoms with Crippen molar-refractivity contribution < 1.29 is 4.39 Å². The molecule has 0 amide bonds. The smallest absolute Gasteiger partial charge is 0.206 e. The van der Waals surface area contributed by atoms with E-state index in [1.165, 1.54) is 23.9 Å². The van der Waals surface area contributed by atoms with Gasteiger partial charge in [-0.25, -0.2) is 14.4 Å². The standard InChI is InChI=1S/C25H32FN5S/c1-4-6-8-14-30(15-9-7-5-2)25-29-23-19(17-28-24(32-3)22(23)16-27)18-31(25)21-12-10-20(26)11-13-21/h10-13,17H,4-9,14-15,18H2,1-3H3. The number of unbranched alkanes of at least 4 members (excludes halogenated alkanes) is 4. The van der Waals surface area contributed by atoms with Crippen LogP contribution in [0.15, 0.2) is 40.5 Å². The predicted octanol–water partition coefficient (Wildman–Crippen LogP) is 6.50. The number of guanidine groups is 1. The van der Waals surface area contributed by atoms with Crippen molar-refractivity contribution in [1.29, 1.82) is 5.26 Å². The van der Waals surface area contributed by atoms with Crippen molar-refractivity contribution in [2.24, 2.45) is 4.99 Å². The maximum absolute atomic E-state index is 13.6. The molecule has 2 aromatic rings. The van der Waals surface area contributed by atoms with E-state index in [0.29, 0.717) is 17.1 Å². The highest BCUT2D eigenvalue weighted by atomic mass is 32.2. The Balaban J connectivity index is 2.08. The monoisotopic (exact) mass is 453 g/mol. The lowest BCUT2D eigenvalue weighted by Crippen LogP contribution is -2.46. The molecule has 0 aliphatic carbocycles. The molecule has 0 bridgehead atoms. The quantitative estimate of drug-likeness (QED) is 0.303. The lowest BCUT2D eigenvalue weighted by Gasteiger charge is -2.37. The Morgan fingerprint density at radius 2 is 1.75 bits per heavy atom. The van der Waals surface area contributed by atoms with Gasteiger partial charge < -0.3 is 9.80 Å². The minimum absolute atomic E-state index is 0.259. The van der Waals surface area contributed by atoms with Gasteiger partial charge in [-0.2, -0.15) is 5.26 Å². The van der Waals surface area contributed by atoms with Crippen LogP contribution in [0.25, 0.3) is 0 Å². The van der Waals surface area contributed by atoms with Crippen LogP contribution in [0.4, 0.5) is 15.8 Å². The number of halogens is 1. The molecule has 32 heavy (non-hydrogen) atoms. The molecular formula is C25H32FN5S. The first-order valence-electron chi connectivity index (χ1n) is 11.5. The first-order valence-corrected chi connectivity index (χ1v) is 12.7. The highest BCUT2D eigenvalue weighted by molar-refractivity contribution is 7.98. The molecule has 1 aliphatic heterocycles. The molecule has 1 aliphatic rings. The summed E-state index contributed by atoms with van der Waals surface area (Å²) in [5, 5.41) is 10.6. The van der Waals surface area contributed by atoms with Crippen LogP contribution in [0.3, 0.4) is 0 Å². The van der Waals surface area contributed by atoms with Crippen molar-refractivity contribution in [1.82, 2.24) is 9.88 Å². The van der Waals surface area contributed by atoms with Crippen LogP contribution in [0.2, 0.25) is 0 Å². The number of thioether (sulfide) groups is 1. The largest absolute Gasteiger partial charge is 0.342 e. The molecule has 0 saturated carbocycles. The number of benzene rings is 1. The number of aliphatic imine (C=N–C) groups is 1. The Bertz CT molecular complexity index is 958. The maximum atomic E-state index is 13.6. The summed E-state index contributed by atoms with van der Waals surface area (Å²) in [5.74, 6) is 0.580. The minimum atomic E-state index is -0.259. The summed E-state index contributed by atoms with van der Waals surface area (Å²) in [6.45, 7) is 6.78. The Kier molecular flexibility index (Phi) is 8.92. The summed E-state index contributed by atoms with van der Waals surface area (Å²) in [4.78, 5) is 14.0. The second-order valence-electron chi connectivity index (χ2n) is 8.00. The van der Waals surface area contributed by atoms with Crippen molar-refractivity contribution in [3.8, 4) is 6.07 Å². The highest BCUT2D eigenvalue weighted by Gasteiger charge is 2.28. The van der Waals surface area contributed by atoms with Gasteiger partial charge in [0.2, 0.25) is 5.96 Å². The number of hydrogen-bond donors (Lipinski definition) is 0. The molecule has 170 valence electrons. The van der Waals surface area contributed by atoms with Crippen LogP contribution in [0.1, 0.15) is 63.5 Å². The number of nitrogens with zero attached hydrogens (tertiary/aromatic N) is 5. The zero-order valence-electron chi connectivity index (χ0n) is 19.3. The zero-order chi connectivity index (χ0) is 22.9. The van der Waals surface area contributed by atoms with E-state index in [0.717, 1.165) is 74.5 Å². The van der Waals surface area contributed by atoms with E-state index in [-0.39, 0.29) is 5.82 Å². The number of fused-ring (bicyclic) bond motifs is 1. The normalized spacial score (nSPS) is 12.8. The van der Waals surface area contributed by atoms with Crippen molar-refractivity contribution in [2.75, 3.05) is 24.2 Å². The molecule has 5 nitrogen and oxygen atoms in total. The number of aromatic nitrogens is 1. The molecule has 1 aromatic carbocycles. The summed E-state index contributed by atoms with van der Waals surface area (Å²) in [7, 11) is 0. The van der Waals surface area contributed by atoms with Crippen LogP contribution in [0, 0.1) is 17.1 Å². The van der Waals surface area contributed by atoms with Crippen molar-refractivity contribution in [3.63, 3.8) is 0 Å². The molecule has 7 heteroatoms. The number of hydrogen-bond acceptors (Lipinski definition) is 6. The van der Waals surface area contributed by atoms with Crippen LogP contribution < -0.4 is 4.90 Å². The van der Waals surface area contributed by atoms with Crippen LogP contribution in [-0.2, 0) is 6.54 Å².